The molecule has 1 aliphatic heterocycles. The summed E-state index contributed by atoms with van der Waals surface area (Å²) in [6.07, 6.45) is 2.18. The molecule has 0 aromatic carbocycles. The number of aryl methyl sites for hydroxylation is 2. The van der Waals surface area contributed by atoms with E-state index in [1.165, 1.54) is 11.3 Å². The molecule has 0 bridgehead atoms. The number of sulfonamides is 1. The Morgan fingerprint density at radius 2 is 2.22 bits per heavy atom. The van der Waals surface area contributed by atoms with Gasteiger partial charge in [0.25, 0.3) is 0 Å². The average Bonchev–Trinajstić information content (AvgIpc) is 2.85. The molecule has 2 heterocycles. The number of halogens is 1. The van der Waals surface area contributed by atoms with Gasteiger partial charge in [-0.1, -0.05) is 0 Å². The Bertz CT molecular complexity index is 493. The van der Waals surface area contributed by atoms with Crippen LogP contribution in [0.15, 0.2) is 10.3 Å². The zero-order valence-electron chi connectivity index (χ0n) is 10.5. The fourth-order valence-corrected chi connectivity index (χ4v) is 4.89. The molecule has 18 heavy (non-hydrogen) atoms. The maximum absolute atomic E-state index is 12.1. The fourth-order valence-electron chi connectivity index (χ4n) is 2.09. The summed E-state index contributed by atoms with van der Waals surface area (Å²) in [5, 5.41) is 3.28. The molecule has 1 atom stereocenters. The van der Waals surface area contributed by atoms with Crippen LogP contribution in [0.4, 0.5) is 0 Å². The zero-order chi connectivity index (χ0) is 12.5. The van der Waals surface area contributed by atoms with Crippen LogP contribution in [-0.2, 0) is 10.0 Å². The van der Waals surface area contributed by atoms with Crippen LogP contribution in [0.5, 0.6) is 0 Å². The summed E-state index contributed by atoms with van der Waals surface area (Å²) >= 11 is 1.33. The molecule has 0 aliphatic carbocycles. The number of thiophene rings is 1. The molecule has 1 fully saturated rings. The summed E-state index contributed by atoms with van der Waals surface area (Å²) in [7, 11) is -3.33. The van der Waals surface area contributed by atoms with Crippen molar-refractivity contribution in [3.63, 3.8) is 0 Å². The first kappa shape index (κ1) is 15.9. The molecule has 1 unspecified atom stereocenters. The summed E-state index contributed by atoms with van der Waals surface area (Å²) in [6.45, 7) is 5.24. The lowest BCUT2D eigenvalue weighted by Crippen LogP contribution is -2.37. The molecule has 0 radical (unpaired) electrons. The van der Waals surface area contributed by atoms with Gasteiger partial charge in [0, 0.05) is 17.5 Å². The molecule has 0 saturated carbocycles. The summed E-state index contributed by atoms with van der Waals surface area (Å²) in [5.74, 6) is 0. The Morgan fingerprint density at radius 1 is 1.50 bits per heavy atom. The van der Waals surface area contributed by atoms with Crippen molar-refractivity contribution >= 4 is 33.8 Å². The Hall–Kier alpha value is -0.140. The quantitative estimate of drug-likeness (QED) is 0.892. The van der Waals surface area contributed by atoms with Gasteiger partial charge in [-0.2, -0.15) is 0 Å². The zero-order valence-corrected chi connectivity index (χ0v) is 13.0. The molecule has 2 N–H and O–H groups in total. The highest BCUT2D eigenvalue weighted by atomic mass is 35.5. The van der Waals surface area contributed by atoms with Gasteiger partial charge in [0.1, 0.15) is 4.21 Å². The topological polar surface area (TPSA) is 58.2 Å². The van der Waals surface area contributed by atoms with Gasteiger partial charge in [0.05, 0.1) is 0 Å². The average molecular weight is 311 g/mol. The molecule has 7 heteroatoms. The summed E-state index contributed by atoms with van der Waals surface area (Å²) in [6, 6.07) is 2.19. The first-order chi connectivity index (χ1) is 7.99. The minimum Gasteiger partial charge on any atom is -0.313 e. The van der Waals surface area contributed by atoms with Crippen LogP contribution in [0.2, 0.25) is 0 Å². The minimum absolute atomic E-state index is 0. The fraction of sp³-hybridized carbons (Fsp3) is 0.636. The molecule has 104 valence electrons. The molecule has 1 aliphatic rings. The Labute approximate surface area is 119 Å². The van der Waals surface area contributed by atoms with Gasteiger partial charge in [-0.05, 0) is 44.9 Å². The van der Waals surface area contributed by atoms with Crippen molar-refractivity contribution in [1.29, 1.82) is 0 Å². The Morgan fingerprint density at radius 3 is 2.72 bits per heavy atom. The van der Waals surface area contributed by atoms with Crippen LogP contribution in [0.25, 0.3) is 0 Å². The lowest BCUT2D eigenvalue weighted by Gasteiger charge is -2.11. The van der Waals surface area contributed by atoms with E-state index in [4.69, 9.17) is 0 Å². The summed E-state index contributed by atoms with van der Waals surface area (Å²) < 4.78 is 27.3. The second kappa shape index (κ2) is 6.34. The molecule has 1 saturated heterocycles. The molecular formula is C11H19ClN2O2S2. The van der Waals surface area contributed by atoms with Gasteiger partial charge in [0.2, 0.25) is 10.0 Å². The largest absolute Gasteiger partial charge is 0.313 e. The highest BCUT2D eigenvalue weighted by Gasteiger charge is 2.22. The maximum Gasteiger partial charge on any atom is 0.250 e. The van der Waals surface area contributed by atoms with Crippen LogP contribution >= 0.6 is 23.7 Å². The van der Waals surface area contributed by atoms with Crippen LogP contribution in [0.3, 0.4) is 0 Å². The third-order valence-corrected chi connectivity index (χ3v) is 6.13. The monoisotopic (exact) mass is 310 g/mol. The molecule has 0 spiro atoms. The van der Waals surface area contributed by atoms with E-state index >= 15 is 0 Å². The number of rotatable bonds is 4. The smallest absolute Gasteiger partial charge is 0.250 e. The highest BCUT2D eigenvalue weighted by molar-refractivity contribution is 7.91. The molecule has 1 aromatic rings. The number of hydrogen-bond donors (Lipinski definition) is 2. The molecule has 1 aromatic heterocycles. The van der Waals surface area contributed by atoms with Gasteiger partial charge in [-0.3, -0.25) is 0 Å². The van der Waals surface area contributed by atoms with E-state index < -0.39 is 10.0 Å². The van der Waals surface area contributed by atoms with Crippen molar-refractivity contribution in [1.82, 2.24) is 10.0 Å². The molecule has 0 amide bonds. The van der Waals surface area contributed by atoms with Gasteiger partial charge < -0.3 is 5.32 Å². The third-order valence-electron chi connectivity index (χ3n) is 2.92. The van der Waals surface area contributed by atoms with E-state index in [1.54, 1.807) is 0 Å². The van der Waals surface area contributed by atoms with Crippen molar-refractivity contribution in [3.05, 3.63) is 16.5 Å². The second-order valence-corrected chi connectivity index (χ2v) is 7.69. The number of hydrogen-bond acceptors (Lipinski definition) is 4. The predicted molar refractivity (Wildman–Crippen MR) is 77.3 cm³/mol. The second-order valence-electron chi connectivity index (χ2n) is 4.47. The molecule has 4 nitrogen and oxygen atoms in total. The Kier molecular flexibility index (Phi) is 5.61. The Balaban J connectivity index is 0.00000162. The number of nitrogens with one attached hydrogen (secondary N) is 2. The lowest BCUT2D eigenvalue weighted by molar-refractivity contribution is 0.553. The maximum atomic E-state index is 12.1. The van der Waals surface area contributed by atoms with Gasteiger partial charge in [-0.25, -0.2) is 13.1 Å². The van der Waals surface area contributed by atoms with E-state index in [1.807, 2.05) is 19.9 Å². The van der Waals surface area contributed by atoms with E-state index in [-0.39, 0.29) is 18.4 Å². The van der Waals surface area contributed by atoms with Gasteiger partial charge in [-0.15, -0.1) is 23.7 Å². The first-order valence-corrected chi connectivity index (χ1v) is 8.09. The normalized spacial score (nSPS) is 19.8. The summed E-state index contributed by atoms with van der Waals surface area (Å²) in [4.78, 5) is 1.03. The standard InChI is InChI=1S/C11H18N2O2S2.ClH/c1-8-6-9(2)16-11(8)17(14,15)13-7-10-4-3-5-12-10;/h6,10,12-13H,3-5,7H2,1-2H3;1H. The van der Waals surface area contributed by atoms with Gasteiger partial charge in [0.15, 0.2) is 0 Å². The van der Waals surface area contributed by atoms with Crippen molar-refractivity contribution in [2.45, 2.75) is 36.9 Å². The minimum atomic E-state index is -3.33. The van der Waals surface area contributed by atoms with Gasteiger partial charge >= 0.3 is 0 Å². The van der Waals surface area contributed by atoms with E-state index in [2.05, 4.69) is 10.0 Å². The highest BCUT2D eigenvalue weighted by Crippen LogP contribution is 2.25. The van der Waals surface area contributed by atoms with Crippen molar-refractivity contribution in [3.8, 4) is 0 Å². The SMILES string of the molecule is Cc1cc(C)c(S(=O)(=O)NCC2CCCN2)s1.Cl. The van der Waals surface area contributed by atoms with Crippen molar-refractivity contribution in [2.75, 3.05) is 13.1 Å². The molecule has 2 rings (SSSR count). The van der Waals surface area contributed by atoms with Crippen molar-refractivity contribution < 1.29 is 8.42 Å². The molecular weight excluding hydrogens is 292 g/mol. The third kappa shape index (κ3) is 3.68. The van der Waals surface area contributed by atoms with Crippen LogP contribution in [0, 0.1) is 13.8 Å². The first-order valence-electron chi connectivity index (χ1n) is 5.79. The van der Waals surface area contributed by atoms with E-state index in [0.29, 0.717) is 10.8 Å². The van der Waals surface area contributed by atoms with Crippen molar-refractivity contribution in [2.24, 2.45) is 0 Å². The predicted octanol–water partition coefficient (Wildman–Crippen LogP) is 1.82. The van der Waals surface area contributed by atoms with E-state index in [0.717, 1.165) is 29.8 Å². The summed E-state index contributed by atoms with van der Waals surface area (Å²) in [5.41, 5.74) is 0.833. The van der Waals surface area contributed by atoms with E-state index in [9.17, 15) is 8.42 Å². The lowest BCUT2D eigenvalue weighted by atomic mass is 10.2. The van der Waals surface area contributed by atoms with Crippen LogP contribution in [0.1, 0.15) is 23.3 Å². The van der Waals surface area contributed by atoms with Crippen LogP contribution in [-0.4, -0.2) is 27.5 Å². The van der Waals surface area contributed by atoms with Crippen LogP contribution < -0.4 is 10.0 Å².